The zero-order valence-corrected chi connectivity index (χ0v) is 27.5. The van der Waals surface area contributed by atoms with Crippen LogP contribution in [0.5, 0.6) is 40.2 Å². The molecule has 1 aliphatic rings. The van der Waals surface area contributed by atoms with Crippen molar-refractivity contribution < 1.29 is 63.4 Å². The Labute approximate surface area is 287 Å². The average Bonchev–Trinajstić information content (AvgIpc) is 3.24. The quantitative estimate of drug-likeness (QED) is 0.0428. The largest absolute Gasteiger partial charge is 0.504 e. The molecule has 0 aliphatic carbocycles. The van der Waals surface area contributed by atoms with Crippen LogP contribution in [0.3, 0.4) is 0 Å². The molecule has 3 heterocycles. The van der Waals surface area contributed by atoms with Crippen molar-refractivity contribution in [2.75, 3.05) is 0 Å². The van der Waals surface area contributed by atoms with Crippen LogP contribution in [-0.4, -0.2) is 58.5 Å². The Balaban J connectivity index is 1.62. The van der Waals surface area contributed by atoms with Crippen LogP contribution in [0.4, 0.5) is 0 Å². The van der Waals surface area contributed by atoms with Gasteiger partial charge in [-0.1, -0.05) is 60.7 Å². The van der Waals surface area contributed by atoms with Gasteiger partial charge in [0.15, 0.2) is 40.2 Å². The summed E-state index contributed by atoms with van der Waals surface area (Å²) in [4.78, 5) is 0. The van der Waals surface area contributed by atoms with E-state index >= 15 is 0 Å². The molecule has 14 nitrogen and oxygen atoms in total. The van der Waals surface area contributed by atoms with Gasteiger partial charge in [-0.2, -0.15) is 0 Å². The number of aromatic hydroxyl groups is 7. The molecule has 51 heavy (non-hydrogen) atoms. The predicted octanol–water partition coefficient (Wildman–Crippen LogP) is 7.03. The molecule has 0 radical (unpaired) electrons. The second-order valence-corrected chi connectivity index (χ2v) is 13.2. The lowest BCUT2D eigenvalue weighted by atomic mass is 9.77. The van der Waals surface area contributed by atoms with Gasteiger partial charge in [0.1, 0.15) is 16.6 Å². The summed E-state index contributed by atoms with van der Waals surface area (Å²) in [6.45, 7) is 6.99. The van der Waals surface area contributed by atoms with Gasteiger partial charge in [-0.25, -0.2) is 0 Å². The number of nitrogens with zero attached hydrogens (tertiary/aromatic N) is 1. The van der Waals surface area contributed by atoms with Crippen LogP contribution in [0.2, 0.25) is 0 Å². The second kappa shape index (κ2) is 10.8. The number of fused-ring (bicyclic) bond motifs is 4. The van der Waals surface area contributed by atoms with Gasteiger partial charge in [0.2, 0.25) is 22.3 Å². The molecule has 0 bridgehead atoms. The van der Waals surface area contributed by atoms with E-state index in [-0.39, 0.29) is 27.8 Å². The first-order chi connectivity index (χ1) is 24.2. The number of phenolic OH excluding ortho intramolecular Hbond substituents is 7. The number of phenols is 7. The van der Waals surface area contributed by atoms with Gasteiger partial charge in [-0.15, -0.1) is 0 Å². The van der Waals surface area contributed by atoms with E-state index in [4.69, 9.17) is 27.6 Å². The number of aromatic nitrogens is 1. The van der Waals surface area contributed by atoms with Crippen molar-refractivity contribution in [1.82, 2.24) is 4.40 Å². The molecular formula is C36H30BNO13. The number of hydrogen-bond acceptors (Lipinski definition) is 13. The monoisotopic (exact) mass is 695 g/mol. The molecule has 7 N–H and O–H groups in total. The van der Waals surface area contributed by atoms with Gasteiger partial charge in [0.05, 0.1) is 22.2 Å². The number of rotatable bonds is 3. The number of hydrogen-bond donors (Lipinski definition) is 7. The number of benzene rings is 5. The zero-order chi connectivity index (χ0) is 36.1. The summed E-state index contributed by atoms with van der Waals surface area (Å²) in [6.07, 6.45) is 0. The van der Waals surface area contributed by atoms with E-state index in [1.807, 2.05) is 0 Å². The molecule has 15 heteroatoms. The molecule has 1 fully saturated rings. The minimum absolute atomic E-state index is 0.156. The maximum atomic E-state index is 11.8. The van der Waals surface area contributed by atoms with Crippen LogP contribution in [0.15, 0.2) is 85.0 Å². The van der Waals surface area contributed by atoms with Crippen molar-refractivity contribution in [2.24, 2.45) is 0 Å². The first-order valence-corrected chi connectivity index (χ1v) is 15.7. The minimum Gasteiger partial charge on any atom is -0.504 e. The molecule has 260 valence electrons. The summed E-state index contributed by atoms with van der Waals surface area (Å²) in [5.41, 5.74) is -4.96. The Morgan fingerprint density at radius 3 is 1.59 bits per heavy atom. The van der Waals surface area contributed by atoms with E-state index in [2.05, 4.69) is 0 Å². The third-order valence-electron chi connectivity index (χ3n) is 9.67. The maximum Gasteiger partial charge on any atom is 0.502 e. The van der Waals surface area contributed by atoms with E-state index in [9.17, 15) is 35.7 Å². The van der Waals surface area contributed by atoms with Crippen molar-refractivity contribution in [3.63, 3.8) is 0 Å². The highest BCUT2D eigenvalue weighted by molar-refractivity contribution is 6.65. The maximum absolute atomic E-state index is 11.8. The normalized spacial score (nSPS) is 15.3. The Morgan fingerprint density at radius 1 is 0.510 bits per heavy atom. The molecule has 0 atom stereocenters. The minimum atomic E-state index is -1.41. The van der Waals surface area contributed by atoms with Crippen LogP contribution in [-0.2, 0) is 9.31 Å². The fourth-order valence-corrected chi connectivity index (χ4v) is 6.32. The van der Waals surface area contributed by atoms with Crippen LogP contribution in [0, 0.1) is 0 Å². The summed E-state index contributed by atoms with van der Waals surface area (Å²) < 4.78 is 35.8. The summed E-state index contributed by atoms with van der Waals surface area (Å²) in [7, 11) is -1.41. The average molecular weight is 695 g/mol. The van der Waals surface area contributed by atoms with Gasteiger partial charge >= 0.3 is 7.12 Å². The van der Waals surface area contributed by atoms with E-state index < -0.39 is 91.8 Å². The fraction of sp³-hybridized carbons (Fsp3) is 0.167. The molecule has 0 spiro atoms. The standard InChI is InChI=1S/C36H30BNO13/c1-35(2)36(3,4)51-37(50-35)21-28(42)31(45)24-34(29(21)43)47-46-19-15-18(16-11-7-5-8-12-16)25(39)32-22(19)38(24)23-30(44)26(40)20(17-13-9-6-10-14-17)27(41)33(23)49-48-32/h5-15,39-45H,1-4H3. The summed E-state index contributed by atoms with van der Waals surface area (Å²) in [5.74, 6) is -5.63. The van der Waals surface area contributed by atoms with Gasteiger partial charge in [0, 0.05) is 5.56 Å². The third kappa shape index (κ3) is 4.44. The first kappa shape index (κ1) is 31.9. The molecule has 5 aromatic carbocycles. The Morgan fingerprint density at radius 2 is 1.00 bits per heavy atom. The SMILES string of the molecule is CC1(C)OB(c2c(O)c(O)c3c(ooc4cc(-c5ccccc5)c(O)c5ooc6c(O)c(-c7ccccc7)c(O)c(O)c6n3c45)c2O)OC1(C)C. The second-order valence-electron chi connectivity index (χ2n) is 13.2. The third-order valence-corrected chi connectivity index (χ3v) is 9.67. The molecule has 0 amide bonds. The smallest absolute Gasteiger partial charge is 0.502 e. The Kier molecular flexibility index (Phi) is 6.79. The Hall–Kier alpha value is -6.32. The predicted molar refractivity (Wildman–Crippen MR) is 184 cm³/mol. The van der Waals surface area contributed by atoms with E-state index in [1.165, 1.54) is 6.07 Å². The molecule has 8 rings (SSSR count). The van der Waals surface area contributed by atoms with Crippen molar-refractivity contribution in [3.8, 4) is 62.5 Å². The molecule has 1 aliphatic heterocycles. The zero-order valence-electron chi connectivity index (χ0n) is 27.5. The Bertz CT molecular complexity index is 2610. The van der Waals surface area contributed by atoms with Crippen LogP contribution >= 0.6 is 0 Å². The molecule has 7 aromatic rings. The topological polar surface area (TPSA) is 217 Å². The van der Waals surface area contributed by atoms with Crippen molar-refractivity contribution >= 4 is 51.5 Å². The lowest BCUT2D eigenvalue weighted by Gasteiger charge is -2.32. The fourth-order valence-electron chi connectivity index (χ4n) is 6.32. The summed E-state index contributed by atoms with van der Waals surface area (Å²) >= 11 is 0. The van der Waals surface area contributed by atoms with Crippen molar-refractivity contribution in [3.05, 3.63) is 66.7 Å². The molecular weight excluding hydrogens is 665 g/mol. The van der Waals surface area contributed by atoms with Gasteiger partial charge in [0.25, 0.3) is 0 Å². The first-order valence-electron chi connectivity index (χ1n) is 15.7. The van der Waals surface area contributed by atoms with Crippen molar-refractivity contribution in [1.29, 1.82) is 0 Å². The van der Waals surface area contributed by atoms with E-state index in [0.717, 1.165) is 4.40 Å². The van der Waals surface area contributed by atoms with Gasteiger partial charge in [-0.05, 0) is 44.9 Å². The summed E-state index contributed by atoms with van der Waals surface area (Å²) in [6, 6.07) is 18.1. The lowest BCUT2D eigenvalue weighted by Crippen LogP contribution is -2.41. The van der Waals surface area contributed by atoms with Crippen LogP contribution in [0.1, 0.15) is 27.7 Å². The van der Waals surface area contributed by atoms with Gasteiger partial charge in [-0.3, -0.25) is 22.7 Å². The molecule has 0 saturated carbocycles. The molecule has 0 unspecified atom stereocenters. The van der Waals surface area contributed by atoms with Crippen LogP contribution < -0.4 is 5.46 Å². The van der Waals surface area contributed by atoms with E-state index in [0.29, 0.717) is 5.56 Å². The highest BCUT2D eigenvalue weighted by atomic mass is 17.0. The van der Waals surface area contributed by atoms with Crippen LogP contribution in [0.25, 0.3) is 61.1 Å². The molecule has 1 saturated heterocycles. The highest BCUT2D eigenvalue weighted by Crippen LogP contribution is 2.52. The van der Waals surface area contributed by atoms with E-state index in [1.54, 1.807) is 88.4 Å². The van der Waals surface area contributed by atoms with Gasteiger partial charge < -0.3 is 45.1 Å². The lowest BCUT2D eigenvalue weighted by molar-refractivity contribution is 0.00578. The highest BCUT2D eigenvalue weighted by Gasteiger charge is 2.54. The summed E-state index contributed by atoms with van der Waals surface area (Å²) in [5, 5.41) is 81.7. The van der Waals surface area contributed by atoms with Crippen molar-refractivity contribution in [2.45, 2.75) is 38.9 Å². The molecule has 2 aromatic heterocycles.